The molecule has 0 aliphatic rings. The number of hydrogen-bond donors (Lipinski definition) is 1. The number of carbonyl (C=O) groups excluding carboxylic acids is 1. The molecule has 7 nitrogen and oxygen atoms in total. The van der Waals surface area contributed by atoms with Crippen LogP contribution in [0.4, 0.5) is 0 Å². The summed E-state index contributed by atoms with van der Waals surface area (Å²) in [7, 11) is 3.10. The molecule has 35 heavy (non-hydrogen) atoms. The molecule has 0 atom stereocenters. The Morgan fingerprint density at radius 3 is 2.31 bits per heavy atom. The first-order valence-corrected chi connectivity index (χ1v) is 11.6. The average Bonchev–Trinajstić information content (AvgIpc) is 2.84. The molecule has 0 aliphatic heterocycles. The van der Waals surface area contributed by atoms with Crippen molar-refractivity contribution >= 4 is 35.3 Å². The van der Waals surface area contributed by atoms with E-state index in [9.17, 15) is 4.79 Å². The van der Waals surface area contributed by atoms with Gasteiger partial charge in [0.05, 0.1) is 38.5 Å². The van der Waals surface area contributed by atoms with Gasteiger partial charge in [0.25, 0.3) is 0 Å². The van der Waals surface area contributed by atoms with Crippen molar-refractivity contribution in [3.05, 3.63) is 81.3 Å². The Labute approximate surface area is 214 Å². The molecule has 3 aromatic carbocycles. The largest absolute Gasteiger partial charge is 0.493 e. The third-order valence-corrected chi connectivity index (χ3v) is 5.38. The number of benzene rings is 3. The summed E-state index contributed by atoms with van der Waals surface area (Å²) in [6.07, 6.45) is 1.62. The molecular formula is C26H26Cl2N2O5. The molecule has 0 spiro atoms. The van der Waals surface area contributed by atoms with Crippen LogP contribution in [-0.4, -0.2) is 32.9 Å². The Bertz CT molecular complexity index is 1180. The van der Waals surface area contributed by atoms with Crippen LogP contribution in [0.15, 0.2) is 59.7 Å². The normalized spacial score (nSPS) is 10.8. The summed E-state index contributed by atoms with van der Waals surface area (Å²) in [4.78, 5) is 12.3. The van der Waals surface area contributed by atoms with Crippen LogP contribution in [0.3, 0.4) is 0 Å². The van der Waals surface area contributed by atoms with Crippen LogP contribution in [-0.2, 0) is 17.8 Å². The standard InChI is InChI=1S/C26H26Cl2N2O5/c1-4-34-24-13-19(11-21(28)26(24)35-16-17-5-8-20(27)9-6-17)15-29-30-25(31)14-18-7-10-22(32-2)23(12-18)33-3/h5-13,15H,4,14,16H2,1-3H3,(H,30,31)/b29-15+. The molecule has 0 saturated heterocycles. The molecule has 0 aromatic heterocycles. The Balaban J connectivity index is 1.65. The highest BCUT2D eigenvalue weighted by atomic mass is 35.5. The minimum absolute atomic E-state index is 0.125. The zero-order valence-electron chi connectivity index (χ0n) is 19.6. The fraction of sp³-hybridized carbons (Fsp3) is 0.231. The van der Waals surface area contributed by atoms with Crippen molar-refractivity contribution in [1.82, 2.24) is 5.43 Å². The first-order valence-electron chi connectivity index (χ1n) is 10.8. The fourth-order valence-electron chi connectivity index (χ4n) is 3.20. The SMILES string of the molecule is CCOc1cc(/C=N/NC(=O)Cc2ccc(OC)c(OC)c2)cc(Cl)c1OCc1ccc(Cl)cc1. The van der Waals surface area contributed by atoms with Crippen LogP contribution in [0.25, 0.3) is 0 Å². The lowest BCUT2D eigenvalue weighted by Gasteiger charge is -2.14. The molecule has 0 radical (unpaired) electrons. The van der Waals surface area contributed by atoms with E-state index in [2.05, 4.69) is 10.5 Å². The van der Waals surface area contributed by atoms with Gasteiger partial charge in [0.1, 0.15) is 6.61 Å². The highest BCUT2D eigenvalue weighted by Gasteiger charge is 2.13. The van der Waals surface area contributed by atoms with Gasteiger partial charge in [-0.25, -0.2) is 5.43 Å². The third-order valence-electron chi connectivity index (χ3n) is 4.84. The molecule has 3 rings (SSSR count). The van der Waals surface area contributed by atoms with Gasteiger partial charge in [-0.05, 0) is 60.0 Å². The van der Waals surface area contributed by atoms with E-state index >= 15 is 0 Å². The van der Waals surface area contributed by atoms with Crippen LogP contribution in [0.5, 0.6) is 23.0 Å². The Morgan fingerprint density at radius 1 is 0.914 bits per heavy atom. The summed E-state index contributed by atoms with van der Waals surface area (Å²) in [6.45, 7) is 2.60. The summed E-state index contributed by atoms with van der Waals surface area (Å²) in [5, 5.41) is 5.06. The van der Waals surface area contributed by atoms with Crippen molar-refractivity contribution in [1.29, 1.82) is 0 Å². The van der Waals surface area contributed by atoms with Gasteiger partial charge in [0.2, 0.25) is 5.91 Å². The second-order valence-electron chi connectivity index (χ2n) is 7.34. The summed E-state index contributed by atoms with van der Waals surface area (Å²) < 4.78 is 22.1. The zero-order chi connectivity index (χ0) is 25.2. The minimum Gasteiger partial charge on any atom is -0.493 e. The lowest BCUT2D eigenvalue weighted by atomic mass is 10.1. The number of nitrogens with one attached hydrogen (secondary N) is 1. The minimum atomic E-state index is -0.285. The fourth-order valence-corrected chi connectivity index (χ4v) is 3.60. The number of amides is 1. The highest BCUT2D eigenvalue weighted by molar-refractivity contribution is 6.32. The maximum Gasteiger partial charge on any atom is 0.244 e. The first kappa shape index (κ1) is 26.2. The number of methoxy groups -OCH3 is 2. The monoisotopic (exact) mass is 516 g/mol. The summed E-state index contributed by atoms with van der Waals surface area (Å²) >= 11 is 12.4. The maximum absolute atomic E-state index is 12.3. The van der Waals surface area contributed by atoms with E-state index in [4.69, 9.17) is 42.1 Å². The quantitative estimate of drug-likeness (QED) is 0.262. The van der Waals surface area contributed by atoms with E-state index in [-0.39, 0.29) is 12.3 Å². The van der Waals surface area contributed by atoms with Gasteiger partial charge in [-0.1, -0.05) is 41.4 Å². The zero-order valence-corrected chi connectivity index (χ0v) is 21.2. The predicted molar refractivity (Wildman–Crippen MR) is 137 cm³/mol. The van der Waals surface area contributed by atoms with Gasteiger partial charge in [-0.2, -0.15) is 5.10 Å². The van der Waals surface area contributed by atoms with Gasteiger partial charge in [-0.15, -0.1) is 0 Å². The third kappa shape index (κ3) is 7.53. The van der Waals surface area contributed by atoms with E-state index in [0.29, 0.717) is 51.8 Å². The van der Waals surface area contributed by atoms with Gasteiger partial charge >= 0.3 is 0 Å². The molecule has 0 bridgehead atoms. The van der Waals surface area contributed by atoms with E-state index in [1.165, 1.54) is 6.21 Å². The number of nitrogens with zero attached hydrogens (tertiary/aromatic N) is 1. The molecule has 0 heterocycles. The Hall–Kier alpha value is -3.42. The van der Waals surface area contributed by atoms with E-state index < -0.39 is 0 Å². The van der Waals surface area contributed by atoms with Crippen molar-refractivity contribution in [3.8, 4) is 23.0 Å². The first-order chi connectivity index (χ1) is 16.9. The van der Waals surface area contributed by atoms with Gasteiger partial charge in [0.15, 0.2) is 23.0 Å². The summed E-state index contributed by atoms with van der Waals surface area (Å²) in [5.41, 5.74) is 4.86. The maximum atomic E-state index is 12.3. The van der Waals surface area contributed by atoms with Crippen molar-refractivity contribution in [3.63, 3.8) is 0 Å². The van der Waals surface area contributed by atoms with E-state index in [1.807, 2.05) is 19.1 Å². The molecule has 0 unspecified atom stereocenters. The summed E-state index contributed by atoms with van der Waals surface area (Å²) in [5.74, 6) is 1.77. The molecule has 1 N–H and O–H groups in total. The van der Waals surface area contributed by atoms with Crippen LogP contribution in [0, 0.1) is 0 Å². The van der Waals surface area contributed by atoms with Crippen LogP contribution in [0.2, 0.25) is 10.0 Å². The van der Waals surface area contributed by atoms with Crippen LogP contribution in [0.1, 0.15) is 23.6 Å². The molecule has 0 saturated carbocycles. The number of hydrogen-bond acceptors (Lipinski definition) is 6. The molecule has 3 aromatic rings. The van der Waals surface area contributed by atoms with Gasteiger partial charge < -0.3 is 18.9 Å². The second kappa shape index (κ2) is 12.9. The van der Waals surface area contributed by atoms with Crippen molar-refractivity contribution in [2.75, 3.05) is 20.8 Å². The van der Waals surface area contributed by atoms with Crippen molar-refractivity contribution < 1.29 is 23.7 Å². The number of rotatable bonds is 11. The molecular weight excluding hydrogens is 491 g/mol. The van der Waals surface area contributed by atoms with Gasteiger partial charge in [-0.3, -0.25) is 4.79 Å². The van der Waals surface area contributed by atoms with E-state index in [0.717, 1.165) is 11.1 Å². The topological polar surface area (TPSA) is 78.4 Å². The molecule has 9 heteroatoms. The van der Waals surface area contributed by atoms with Crippen LogP contribution >= 0.6 is 23.2 Å². The smallest absolute Gasteiger partial charge is 0.244 e. The van der Waals surface area contributed by atoms with Crippen molar-refractivity contribution in [2.45, 2.75) is 20.0 Å². The van der Waals surface area contributed by atoms with Crippen molar-refractivity contribution in [2.24, 2.45) is 5.10 Å². The Morgan fingerprint density at radius 2 is 1.63 bits per heavy atom. The lowest BCUT2D eigenvalue weighted by Crippen LogP contribution is -2.19. The predicted octanol–water partition coefficient (Wildman–Crippen LogP) is 5.68. The second-order valence-corrected chi connectivity index (χ2v) is 8.18. The molecule has 0 aliphatic carbocycles. The van der Waals surface area contributed by atoms with E-state index in [1.54, 1.807) is 56.7 Å². The number of hydrazone groups is 1. The highest BCUT2D eigenvalue weighted by Crippen LogP contribution is 2.37. The number of ether oxygens (including phenoxy) is 4. The van der Waals surface area contributed by atoms with Crippen LogP contribution < -0.4 is 24.4 Å². The molecule has 1 amide bonds. The molecule has 184 valence electrons. The lowest BCUT2D eigenvalue weighted by molar-refractivity contribution is -0.120. The summed E-state index contributed by atoms with van der Waals surface area (Å²) in [6, 6.07) is 16.1. The van der Waals surface area contributed by atoms with Gasteiger partial charge in [0, 0.05) is 5.02 Å². The average molecular weight is 517 g/mol. The Kier molecular flexibility index (Phi) is 9.64. The molecule has 0 fully saturated rings. The number of carbonyl (C=O) groups is 1. The number of halogens is 2.